The number of anilines is 3. The fraction of sp³-hybridized carbons (Fsp3) is 0.115. The van der Waals surface area contributed by atoms with Crippen LogP contribution < -0.4 is 10.2 Å². The minimum absolute atomic E-state index is 0.0156. The van der Waals surface area contributed by atoms with Gasteiger partial charge in [-0.25, -0.2) is 4.98 Å². The standard InChI is InChI=1S/C26H21N3O4S/c1-15-25(34-16(2)27-15)23(30)21-22(20-9-6-14-33-20)29(26(32)24(21)31)19-12-10-18(11-13-19)28-17-7-4-3-5-8-17/h3-14,22,28,31H,1-2H3. The van der Waals surface area contributed by atoms with E-state index in [-0.39, 0.29) is 5.57 Å². The maximum Gasteiger partial charge on any atom is 0.294 e. The second-order valence-corrected chi connectivity index (χ2v) is 9.07. The number of thiazole rings is 1. The fourth-order valence-corrected chi connectivity index (χ4v) is 4.95. The zero-order chi connectivity index (χ0) is 23.8. The molecule has 1 amide bonds. The molecule has 0 radical (unpaired) electrons. The molecule has 0 fully saturated rings. The molecule has 0 spiro atoms. The van der Waals surface area contributed by atoms with Crippen LogP contribution in [-0.2, 0) is 4.79 Å². The highest BCUT2D eigenvalue weighted by Gasteiger charge is 2.46. The molecule has 7 nitrogen and oxygen atoms in total. The van der Waals surface area contributed by atoms with E-state index < -0.39 is 23.5 Å². The number of aliphatic hydroxyl groups is 1. The van der Waals surface area contributed by atoms with Crippen LogP contribution in [0.1, 0.15) is 32.2 Å². The van der Waals surface area contributed by atoms with Crippen molar-refractivity contribution in [2.75, 3.05) is 10.2 Å². The third-order valence-corrected chi connectivity index (χ3v) is 6.65. The van der Waals surface area contributed by atoms with Gasteiger partial charge in [-0.05, 0) is 62.4 Å². The van der Waals surface area contributed by atoms with Crippen molar-refractivity contribution in [2.45, 2.75) is 19.9 Å². The average Bonchev–Trinajstić information content (AvgIpc) is 3.54. The number of Topliss-reactive ketones (excluding diaryl/α,β-unsaturated/α-hetero) is 1. The molecule has 3 heterocycles. The number of aryl methyl sites for hydroxylation is 2. The summed E-state index contributed by atoms with van der Waals surface area (Å²) in [5.74, 6) is -1.29. The van der Waals surface area contributed by atoms with Gasteiger partial charge in [-0.15, -0.1) is 11.3 Å². The predicted octanol–water partition coefficient (Wildman–Crippen LogP) is 5.88. The molecule has 34 heavy (non-hydrogen) atoms. The van der Waals surface area contributed by atoms with Crippen molar-refractivity contribution in [3.8, 4) is 0 Å². The number of amides is 1. The van der Waals surface area contributed by atoms with Crippen LogP contribution in [-0.4, -0.2) is 21.8 Å². The van der Waals surface area contributed by atoms with Gasteiger partial charge < -0.3 is 14.8 Å². The summed E-state index contributed by atoms with van der Waals surface area (Å²) in [6.45, 7) is 3.55. The first-order valence-electron chi connectivity index (χ1n) is 10.6. The SMILES string of the molecule is Cc1nc(C)c(C(=O)C2=C(O)C(=O)N(c3ccc(Nc4ccccc4)cc3)C2c2ccco2)s1. The molecule has 0 aliphatic carbocycles. The topological polar surface area (TPSA) is 95.7 Å². The Morgan fingerprint density at radius 2 is 1.74 bits per heavy atom. The second kappa shape index (κ2) is 8.64. The van der Waals surface area contributed by atoms with Crippen LogP contribution >= 0.6 is 11.3 Å². The summed E-state index contributed by atoms with van der Waals surface area (Å²) in [4.78, 5) is 32.8. The van der Waals surface area contributed by atoms with Gasteiger partial charge in [-0.3, -0.25) is 14.5 Å². The minimum atomic E-state index is -0.898. The number of carbonyl (C=O) groups is 2. The van der Waals surface area contributed by atoms with Crippen LogP contribution in [0.3, 0.4) is 0 Å². The largest absolute Gasteiger partial charge is 0.503 e. The summed E-state index contributed by atoms with van der Waals surface area (Å²) in [5.41, 5.74) is 2.84. The average molecular weight is 472 g/mol. The Kier molecular flexibility index (Phi) is 5.51. The number of rotatable bonds is 6. The van der Waals surface area contributed by atoms with E-state index in [9.17, 15) is 14.7 Å². The first-order chi connectivity index (χ1) is 16.4. The van der Waals surface area contributed by atoms with Crippen LogP contribution in [0, 0.1) is 13.8 Å². The Morgan fingerprint density at radius 1 is 1.03 bits per heavy atom. The first kappa shape index (κ1) is 21.7. The Morgan fingerprint density at radius 3 is 2.35 bits per heavy atom. The van der Waals surface area contributed by atoms with Crippen molar-refractivity contribution in [3.63, 3.8) is 0 Å². The Hall–Kier alpha value is -4.17. The Labute approximate surface area is 200 Å². The number of ketones is 1. The number of carbonyl (C=O) groups excluding carboxylic acids is 2. The summed E-state index contributed by atoms with van der Waals surface area (Å²) >= 11 is 1.24. The zero-order valence-electron chi connectivity index (χ0n) is 18.5. The summed E-state index contributed by atoms with van der Waals surface area (Å²) in [6, 6.07) is 19.4. The van der Waals surface area contributed by atoms with Gasteiger partial charge in [0, 0.05) is 17.1 Å². The highest BCUT2D eigenvalue weighted by molar-refractivity contribution is 7.14. The van der Waals surface area contributed by atoms with Crippen LogP contribution in [0.15, 0.2) is 88.7 Å². The third-order valence-electron chi connectivity index (χ3n) is 5.58. The van der Waals surface area contributed by atoms with E-state index in [1.165, 1.54) is 22.5 Å². The van der Waals surface area contributed by atoms with E-state index in [0.29, 0.717) is 22.0 Å². The van der Waals surface area contributed by atoms with Gasteiger partial charge in [0.25, 0.3) is 5.91 Å². The third kappa shape index (κ3) is 3.78. The van der Waals surface area contributed by atoms with E-state index >= 15 is 0 Å². The smallest absolute Gasteiger partial charge is 0.294 e. The van der Waals surface area contributed by atoms with Crippen molar-refractivity contribution in [1.29, 1.82) is 0 Å². The maximum atomic E-state index is 13.5. The van der Waals surface area contributed by atoms with Gasteiger partial charge in [0.15, 0.2) is 5.76 Å². The minimum Gasteiger partial charge on any atom is -0.503 e. The van der Waals surface area contributed by atoms with Crippen molar-refractivity contribution in [1.82, 2.24) is 4.98 Å². The molecule has 2 N–H and O–H groups in total. The van der Waals surface area contributed by atoms with Gasteiger partial charge in [-0.2, -0.15) is 0 Å². The Balaban J connectivity index is 1.52. The number of nitrogens with one attached hydrogen (secondary N) is 1. The van der Waals surface area contributed by atoms with Crippen LogP contribution in [0.5, 0.6) is 0 Å². The van der Waals surface area contributed by atoms with Crippen LogP contribution in [0.4, 0.5) is 17.1 Å². The van der Waals surface area contributed by atoms with E-state index in [2.05, 4.69) is 10.3 Å². The molecule has 1 unspecified atom stereocenters. The maximum absolute atomic E-state index is 13.5. The molecule has 170 valence electrons. The molecule has 0 saturated heterocycles. The van der Waals surface area contributed by atoms with Crippen molar-refractivity contribution in [3.05, 3.63) is 106 Å². The van der Waals surface area contributed by atoms with E-state index in [4.69, 9.17) is 4.42 Å². The van der Waals surface area contributed by atoms with Crippen LogP contribution in [0.25, 0.3) is 0 Å². The molecule has 1 atom stereocenters. The van der Waals surface area contributed by atoms with Gasteiger partial charge in [0.2, 0.25) is 5.78 Å². The van der Waals surface area contributed by atoms with Crippen molar-refractivity contribution in [2.24, 2.45) is 0 Å². The molecule has 1 aliphatic heterocycles. The lowest BCUT2D eigenvalue weighted by Gasteiger charge is -2.25. The molecule has 0 bridgehead atoms. The number of benzene rings is 2. The molecular formula is C26H21N3O4S. The number of nitrogens with zero attached hydrogens (tertiary/aromatic N) is 2. The zero-order valence-corrected chi connectivity index (χ0v) is 19.3. The van der Waals surface area contributed by atoms with Gasteiger partial charge in [-0.1, -0.05) is 18.2 Å². The van der Waals surface area contributed by atoms with Gasteiger partial charge in [0.1, 0.15) is 11.8 Å². The second-order valence-electron chi connectivity index (χ2n) is 7.87. The summed E-state index contributed by atoms with van der Waals surface area (Å²) < 4.78 is 5.60. The number of para-hydroxylation sites is 1. The molecule has 1 aliphatic rings. The van der Waals surface area contributed by atoms with Gasteiger partial charge in [0.05, 0.1) is 27.4 Å². The van der Waals surface area contributed by atoms with Crippen molar-refractivity contribution >= 4 is 40.1 Å². The van der Waals surface area contributed by atoms with Gasteiger partial charge >= 0.3 is 0 Å². The molecule has 4 aromatic rings. The molecule has 0 saturated carbocycles. The lowest BCUT2D eigenvalue weighted by atomic mass is 9.99. The number of aliphatic hydroxyl groups excluding tert-OH is 1. The number of hydrogen-bond donors (Lipinski definition) is 2. The molecule has 5 rings (SSSR count). The van der Waals surface area contributed by atoms with E-state index in [0.717, 1.165) is 16.4 Å². The monoisotopic (exact) mass is 471 g/mol. The van der Waals surface area contributed by atoms with E-state index in [1.54, 1.807) is 31.2 Å². The number of aromatic nitrogens is 1. The first-order valence-corrected chi connectivity index (χ1v) is 11.5. The Bertz CT molecular complexity index is 1390. The van der Waals surface area contributed by atoms with Crippen LogP contribution in [0.2, 0.25) is 0 Å². The normalized spacial score (nSPS) is 15.8. The lowest BCUT2D eigenvalue weighted by molar-refractivity contribution is -0.117. The fourth-order valence-electron chi connectivity index (χ4n) is 4.08. The number of hydrogen-bond acceptors (Lipinski definition) is 7. The highest BCUT2D eigenvalue weighted by atomic mass is 32.1. The summed E-state index contributed by atoms with van der Waals surface area (Å²) in [6.07, 6.45) is 1.48. The number of furan rings is 1. The summed E-state index contributed by atoms with van der Waals surface area (Å²) in [5, 5.41) is 14.9. The molecule has 2 aromatic heterocycles. The molecule has 2 aromatic carbocycles. The highest BCUT2D eigenvalue weighted by Crippen LogP contribution is 2.43. The predicted molar refractivity (Wildman–Crippen MR) is 131 cm³/mol. The van der Waals surface area contributed by atoms with E-state index in [1.807, 2.05) is 49.4 Å². The molecule has 8 heteroatoms. The van der Waals surface area contributed by atoms with Crippen molar-refractivity contribution < 1.29 is 19.1 Å². The quantitative estimate of drug-likeness (QED) is 0.341. The lowest BCUT2D eigenvalue weighted by Crippen LogP contribution is -2.30. The summed E-state index contributed by atoms with van der Waals surface area (Å²) in [7, 11) is 0. The molecular weight excluding hydrogens is 450 g/mol.